The number of ether oxygens (including phenoxy) is 2. The van der Waals surface area contributed by atoms with E-state index in [4.69, 9.17) is 14.6 Å². The molecule has 0 saturated carbocycles. The van der Waals surface area contributed by atoms with E-state index >= 15 is 0 Å². The zero-order valence-electron chi connectivity index (χ0n) is 12.8. The summed E-state index contributed by atoms with van der Waals surface area (Å²) in [6.45, 7) is 0.220. The first-order valence-corrected chi connectivity index (χ1v) is 8.27. The Labute approximate surface area is 138 Å². The van der Waals surface area contributed by atoms with Gasteiger partial charge in [0.1, 0.15) is 6.61 Å². The van der Waals surface area contributed by atoms with Gasteiger partial charge in [0, 0.05) is 11.3 Å². The number of hydrogen-bond acceptors (Lipinski definition) is 5. The molecule has 1 aromatic heterocycles. The second-order valence-corrected chi connectivity index (χ2v) is 5.83. The second kappa shape index (κ2) is 7.39. The minimum atomic E-state index is -0.0267. The maximum atomic E-state index is 8.90. The first kappa shape index (κ1) is 15.7. The highest BCUT2D eigenvalue weighted by Crippen LogP contribution is 2.34. The molecule has 2 aromatic carbocycles. The van der Waals surface area contributed by atoms with Crippen LogP contribution in [0.2, 0.25) is 0 Å². The van der Waals surface area contributed by atoms with Gasteiger partial charge in [0.2, 0.25) is 0 Å². The fourth-order valence-electron chi connectivity index (χ4n) is 2.32. The van der Waals surface area contributed by atoms with Crippen LogP contribution < -0.4 is 9.47 Å². The maximum Gasteiger partial charge on any atom is 0.166 e. The summed E-state index contributed by atoms with van der Waals surface area (Å²) in [4.78, 5) is 7.86. The van der Waals surface area contributed by atoms with E-state index in [0.717, 1.165) is 21.8 Å². The van der Waals surface area contributed by atoms with Gasteiger partial charge in [-0.25, -0.2) is 4.98 Å². The number of nitrogens with zero attached hydrogens (tertiary/aromatic N) is 1. The average molecular weight is 330 g/mol. The van der Waals surface area contributed by atoms with Crippen molar-refractivity contribution in [2.45, 2.75) is 10.9 Å². The molecule has 0 atom stereocenters. The Kier molecular flexibility index (Phi) is 5.05. The number of imidazole rings is 1. The fourth-order valence-corrected chi connectivity index (χ4v) is 3.18. The number of thioether (sulfide) groups is 1. The predicted molar refractivity (Wildman–Crippen MR) is 91.2 cm³/mol. The van der Waals surface area contributed by atoms with Crippen molar-refractivity contribution in [3.8, 4) is 11.5 Å². The summed E-state index contributed by atoms with van der Waals surface area (Å²) in [6, 6.07) is 13.7. The largest absolute Gasteiger partial charge is 0.493 e. The van der Waals surface area contributed by atoms with Crippen molar-refractivity contribution in [3.05, 3.63) is 48.0 Å². The predicted octanol–water partition coefficient (Wildman–Crippen LogP) is 3.23. The van der Waals surface area contributed by atoms with Crippen LogP contribution in [0.1, 0.15) is 5.56 Å². The van der Waals surface area contributed by atoms with Crippen molar-refractivity contribution in [1.82, 2.24) is 9.97 Å². The van der Waals surface area contributed by atoms with Crippen molar-refractivity contribution in [1.29, 1.82) is 0 Å². The summed E-state index contributed by atoms with van der Waals surface area (Å²) < 4.78 is 11.0. The number of aliphatic hydroxyl groups excluding tert-OH is 1. The number of nitrogens with one attached hydrogen (secondary N) is 1. The molecule has 5 nitrogen and oxygen atoms in total. The van der Waals surface area contributed by atoms with Crippen LogP contribution in [0.3, 0.4) is 0 Å². The molecule has 3 rings (SSSR count). The maximum absolute atomic E-state index is 8.90. The Hall–Kier alpha value is -2.18. The van der Waals surface area contributed by atoms with Crippen LogP contribution in [-0.2, 0) is 5.75 Å². The van der Waals surface area contributed by atoms with Crippen LogP contribution in [0, 0.1) is 0 Å². The topological polar surface area (TPSA) is 67.4 Å². The lowest BCUT2D eigenvalue weighted by Gasteiger charge is -2.13. The number of para-hydroxylation sites is 3. The van der Waals surface area contributed by atoms with Gasteiger partial charge < -0.3 is 19.6 Å². The average Bonchev–Trinajstić information content (AvgIpc) is 3.00. The number of fused-ring (bicyclic) bond motifs is 1. The van der Waals surface area contributed by atoms with E-state index in [1.807, 2.05) is 42.5 Å². The number of H-pyrrole nitrogens is 1. The van der Waals surface area contributed by atoms with Crippen LogP contribution in [0.15, 0.2) is 47.6 Å². The molecule has 0 radical (unpaired) electrons. The zero-order chi connectivity index (χ0) is 16.1. The van der Waals surface area contributed by atoms with E-state index in [1.165, 1.54) is 0 Å². The molecule has 1 heterocycles. The summed E-state index contributed by atoms with van der Waals surface area (Å²) >= 11 is 1.61. The molecule has 0 unspecified atom stereocenters. The zero-order valence-corrected chi connectivity index (χ0v) is 13.6. The van der Waals surface area contributed by atoms with E-state index in [1.54, 1.807) is 18.9 Å². The van der Waals surface area contributed by atoms with Gasteiger partial charge in [-0.05, 0) is 18.2 Å². The number of aromatic amines is 1. The summed E-state index contributed by atoms with van der Waals surface area (Å²) in [5.41, 5.74) is 3.01. The van der Waals surface area contributed by atoms with E-state index in [2.05, 4.69) is 9.97 Å². The Morgan fingerprint density at radius 1 is 1.17 bits per heavy atom. The van der Waals surface area contributed by atoms with Gasteiger partial charge in [-0.2, -0.15) is 0 Å². The quantitative estimate of drug-likeness (QED) is 0.651. The first-order chi connectivity index (χ1) is 11.3. The molecule has 0 fully saturated rings. The minimum Gasteiger partial charge on any atom is -0.493 e. The van der Waals surface area contributed by atoms with Crippen molar-refractivity contribution >= 4 is 22.8 Å². The van der Waals surface area contributed by atoms with Crippen LogP contribution in [0.4, 0.5) is 0 Å². The number of methoxy groups -OCH3 is 1. The normalized spacial score (nSPS) is 10.9. The summed E-state index contributed by atoms with van der Waals surface area (Å²) in [5.74, 6) is 2.05. The summed E-state index contributed by atoms with van der Waals surface area (Å²) in [5, 5.41) is 9.77. The smallest absolute Gasteiger partial charge is 0.166 e. The van der Waals surface area contributed by atoms with E-state index in [9.17, 15) is 0 Å². The third kappa shape index (κ3) is 3.60. The van der Waals surface area contributed by atoms with Crippen molar-refractivity contribution in [3.63, 3.8) is 0 Å². The highest BCUT2D eigenvalue weighted by molar-refractivity contribution is 7.98. The highest BCUT2D eigenvalue weighted by Gasteiger charge is 2.11. The molecular weight excluding hydrogens is 312 g/mol. The molecule has 23 heavy (non-hydrogen) atoms. The number of aliphatic hydroxyl groups is 1. The molecule has 0 saturated heterocycles. The number of hydrogen-bond donors (Lipinski definition) is 2. The summed E-state index contributed by atoms with van der Waals surface area (Å²) in [6.07, 6.45) is 0. The number of benzene rings is 2. The molecule has 0 amide bonds. The third-order valence-corrected chi connectivity index (χ3v) is 4.27. The molecule has 0 aliphatic rings. The van der Waals surface area contributed by atoms with Gasteiger partial charge >= 0.3 is 0 Å². The van der Waals surface area contributed by atoms with E-state index in [-0.39, 0.29) is 13.2 Å². The lowest BCUT2D eigenvalue weighted by Crippen LogP contribution is -2.04. The first-order valence-electron chi connectivity index (χ1n) is 7.29. The Morgan fingerprint density at radius 3 is 2.83 bits per heavy atom. The molecule has 0 spiro atoms. The minimum absolute atomic E-state index is 0.0267. The molecule has 120 valence electrons. The van der Waals surface area contributed by atoms with Crippen LogP contribution in [0.25, 0.3) is 11.0 Å². The van der Waals surface area contributed by atoms with Gasteiger partial charge in [0.15, 0.2) is 16.7 Å². The van der Waals surface area contributed by atoms with Crippen molar-refractivity contribution < 1.29 is 14.6 Å². The lowest BCUT2D eigenvalue weighted by atomic mass is 10.2. The van der Waals surface area contributed by atoms with Gasteiger partial charge in [-0.3, -0.25) is 0 Å². The Bertz CT molecular complexity index is 755. The van der Waals surface area contributed by atoms with Gasteiger partial charge in [0.25, 0.3) is 0 Å². The molecule has 0 bridgehead atoms. The van der Waals surface area contributed by atoms with E-state index in [0.29, 0.717) is 17.3 Å². The van der Waals surface area contributed by atoms with Gasteiger partial charge in [-0.1, -0.05) is 36.0 Å². The molecular formula is C17H18N2O3S. The number of rotatable bonds is 7. The fraction of sp³-hybridized carbons (Fsp3) is 0.235. The lowest BCUT2D eigenvalue weighted by molar-refractivity contribution is 0.196. The van der Waals surface area contributed by atoms with Crippen molar-refractivity contribution in [2.24, 2.45) is 0 Å². The van der Waals surface area contributed by atoms with Crippen LogP contribution in [0.5, 0.6) is 11.5 Å². The molecule has 2 N–H and O–H groups in total. The molecule has 0 aliphatic carbocycles. The Morgan fingerprint density at radius 2 is 2.04 bits per heavy atom. The summed E-state index contributed by atoms with van der Waals surface area (Å²) in [7, 11) is 1.62. The monoisotopic (exact) mass is 330 g/mol. The second-order valence-electron chi connectivity index (χ2n) is 4.87. The Balaban J connectivity index is 1.76. The van der Waals surface area contributed by atoms with Gasteiger partial charge in [-0.15, -0.1) is 0 Å². The van der Waals surface area contributed by atoms with Crippen LogP contribution >= 0.6 is 11.8 Å². The third-order valence-electron chi connectivity index (χ3n) is 3.35. The highest BCUT2D eigenvalue weighted by atomic mass is 32.2. The molecule has 6 heteroatoms. The molecule has 0 aliphatic heterocycles. The number of aromatic nitrogens is 2. The standard InChI is InChI=1S/C17H18N2O3S/c1-21-16-12(5-4-8-15(16)22-10-9-20)11-23-17-18-13-6-2-3-7-14(13)19-17/h2-8,20H,9-11H2,1H3,(H,18,19). The van der Waals surface area contributed by atoms with Crippen LogP contribution in [-0.4, -0.2) is 35.4 Å². The molecule has 3 aromatic rings. The SMILES string of the molecule is COc1c(CSc2nc3ccccc3[nH]2)cccc1OCCO. The van der Waals surface area contributed by atoms with E-state index < -0.39 is 0 Å². The van der Waals surface area contributed by atoms with Gasteiger partial charge in [0.05, 0.1) is 24.8 Å². The van der Waals surface area contributed by atoms with Crippen molar-refractivity contribution in [2.75, 3.05) is 20.3 Å².